The summed E-state index contributed by atoms with van der Waals surface area (Å²) in [6.07, 6.45) is 0.271. The van der Waals surface area contributed by atoms with Gasteiger partial charge >= 0.3 is 0 Å². The van der Waals surface area contributed by atoms with Crippen LogP contribution in [0.2, 0.25) is 0 Å². The number of anilines is 2. The molecule has 0 fully saturated rings. The van der Waals surface area contributed by atoms with Gasteiger partial charge in [0.2, 0.25) is 11.9 Å². The maximum absolute atomic E-state index is 10.7. The zero-order valence-corrected chi connectivity index (χ0v) is 10.1. The minimum absolute atomic E-state index is 0.271. The number of para-hydroxylation sites is 1. The van der Waals surface area contributed by atoms with Gasteiger partial charge in [0, 0.05) is 25.4 Å². The minimum atomic E-state index is -0.338. The topological polar surface area (TPSA) is 92.9 Å². The molecule has 1 amide bonds. The first-order chi connectivity index (χ1) is 8.70. The lowest BCUT2D eigenvalue weighted by Gasteiger charge is -2.09. The number of amides is 1. The van der Waals surface area contributed by atoms with Crippen LogP contribution in [-0.2, 0) is 4.79 Å². The third-order valence-corrected chi connectivity index (χ3v) is 2.49. The molecule has 0 saturated carbocycles. The number of rotatable bonds is 5. The molecule has 0 radical (unpaired) electrons. The second-order valence-electron chi connectivity index (χ2n) is 3.81. The molecule has 2 rings (SSSR count). The molecule has 94 valence electrons. The fraction of sp³-hybridized carbons (Fsp3) is 0.250. The molecule has 0 aliphatic heterocycles. The van der Waals surface area contributed by atoms with Crippen molar-refractivity contribution in [1.82, 2.24) is 9.97 Å². The first-order valence-corrected chi connectivity index (χ1v) is 5.67. The van der Waals surface area contributed by atoms with Crippen LogP contribution in [0.25, 0.3) is 10.9 Å². The van der Waals surface area contributed by atoms with Crippen LogP contribution in [0.15, 0.2) is 24.3 Å². The summed E-state index contributed by atoms with van der Waals surface area (Å²) in [6.45, 7) is 0.458. The summed E-state index contributed by atoms with van der Waals surface area (Å²) >= 11 is 0. The number of fused-ring (bicyclic) bond motifs is 1. The molecule has 6 heteroatoms. The zero-order valence-electron chi connectivity index (χ0n) is 10.1. The summed E-state index contributed by atoms with van der Waals surface area (Å²) in [5.74, 6) is 0.899. The van der Waals surface area contributed by atoms with E-state index in [4.69, 9.17) is 5.73 Å². The van der Waals surface area contributed by atoms with Gasteiger partial charge in [-0.1, -0.05) is 12.1 Å². The second-order valence-corrected chi connectivity index (χ2v) is 3.81. The molecule has 0 spiro atoms. The molecule has 2 aromatic rings. The molecule has 1 aromatic heterocycles. The van der Waals surface area contributed by atoms with Crippen molar-refractivity contribution < 1.29 is 4.79 Å². The van der Waals surface area contributed by atoms with Crippen LogP contribution in [0.1, 0.15) is 6.42 Å². The van der Waals surface area contributed by atoms with Crippen LogP contribution in [0, 0.1) is 0 Å². The number of nitrogens with two attached hydrogens (primary N) is 1. The Bertz CT molecular complexity index is 569. The third-order valence-electron chi connectivity index (χ3n) is 2.49. The van der Waals surface area contributed by atoms with E-state index in [1.54, 1.807) is 7.05 Å². The van der Waals surface area contributed by atoms with Crippen molar-refractivity contribution in [3.8, 4) is 0 Å². The van der Waals surface area contributed by atoms with E-state index in [0.717, 1.165) is 10.9 Å². The number of hydrogen-bond acceptors (Lipinski definition) is 5. The number of nitrogens with one attached hydrogen (secondary N) is 2. The van der Waals surface area contributed by atoms with Gasteiger partial charge < -0.3 is 16.4 Å². The van der Waals surface area contributed by atoms with Crippen molar-refractivity contribution >= 4 is 28.6 Å². The van der Waals surface area contributed by atoms with Crippen LogP contribution in [0.4, 0.5) is 11.8 Å². The zero-order chi connectivity index (χ0) is 13.0. The van der Waals surface area contributed by atoms with Gasteiger partial charge in [0.1, 0.15) is 5.82 Å². The average molecular weight is 245 g/mol. The number of hydrogen-bond donors (Lipinski definition) is 3. The summed E-state index contributed by atoms with van der Waals surface area (Å²) in [4.78, 5) is 19.4. The van der Waals surface area contributed by atoms with E-state index in [1.165, 1.54) is 0 Å². The Kier molecular flexibility index (Phi) is 3.57. The Morgan fingerprint density at radius 2 is 2.11 bits per heavy atom. The van der Waals surface area contributed by atoms with Crippen LogP contribution in [0.5, 0.6) is 0 Å². The molecular weight excluding hydrogens is 230 g/mol. The molecule has 1 heterocycles. The largest absolute Gasteiger partial charge is 0.370 e. The third kappa shape index (κ3) is 2.65. The predicted molar refractivity (Wildman–Crippen MR) is 71.4 cm³/mol. The molecule has 18 heavy (non-hydrogen) atoms. The number of carbonyl (C=O) groups is 1. The second kappa shape index (κ2) is 5.31. The highest BCUT2D eigenvalue weighted by molar-refractivity contribution is 5.90. The predicted octanol–water partition coefficient (Wildman–Crippen LogP) is 0.959. The first kappa shape index (κ1) is 12.1. The van der Waals surface area contributed by atoms with Crippen LogP contribution < -0.4 is 16.4 Å². The van der Waals surface area contributed by atoms with Gasteiger partial charge in [0.25, 0.3) is 0 Å². The van der Waals surface area contributed by atoms with E-state index in [-0.39, 0.29) is 12.3 Å². The summed E-state index contributed by atoms with van der Waals surface area (Å²) < 4.78 is 0. The molecule has 1 aromatic carbocycles. The van der Waals surface area contributed by atoms with E-state index in [1.807, 2.05) is 24.3 Å². The Morgan fingerprint density at radius 3 is 2.83 bits per heavy atom. The van der Waals surface area contributed by atoms with Crippen molar-refractivity contribution in [3.63, 3.8) is 0 Å². The van der Waals surface area contributed by atoms with Crippen LogP contribution in [0.3, 0.4) is 0 Å². The van der Waals surface area contributed by atoms with Gasteiger partial charge in [-0.25, -0.2) is 4.98 Å². The summed E-state index contributed by atoms with van der Waals surface area (Å²) in [6, 6.07) is 7.68. The Morgan fingerprint density at radius 1 is 1.33 bits per heavy atom. The van der Waals surface area contributed by atoms with Crippen molar-refractivity contribution in [2.45, 2.75) is 6.42 Å². The highest BCUT2D eigenvalue weighted by Gasteiger charge is 2.06. The Balaban J connectivity index is 2.31. The average Bonchev–Trinajstić information content (AvgIpc) is 2.38. The van der Waals surface area contributed by atoms with E-state index < -0.39 is 0 Å². The normalized spacial score (nSPS) is 10.3. The first-order valence-electron chi connectivity index (χ1n) is 5.67. The molecule has 0 aliphatic carbocycles. The van der Waals surface area contributed by atoms with Crippen molar-refractivity contribution in [2.24, 2.45) is 5.73 Å². The molecule has 0 atom stereocenters. The lowest BCUT2D eigenvalue weighted by atomic mass is 10.2. The summed E-state index contributed by atoms with van der Waals surface area (Å²) in [7, 11) is 1.76. The van der Waals surface area contributed by atoms with E-state index >= 15 is 0 Å². The molecule has 0 bridgehead atoms. The van der Waals surface area contributed by atoms with Crippen molar-refractivity contribution in [1.29, 1.82) is 0 Å². The van der Waals surface area contributed by atoms with Gasteiger partial charge in [-0.05, 0) is 12.1 Å². The van der Waals surface area contributed by atoms with Gasteiger partial charge in [0.15, 0.2) is 0 Å². The maximum Gasteiger partial charge on any atom is 0.224 e. The monoisotopic (exact) mass is 245 g/mol. The summed E-state index contributed by atoms with van der Waals surface area (Å²) in [5.41, 5.74) is 5.95. The molecule has 6 nitrogen and oxygen atoms in total. The van der Waals surface area contributed by atoms with Gasteiger partial charge in [-0.15, -0.1) is 0 Å². The molecule has 4 N–H and O–H groups in total. The number of aromatic nitrogens is 2. The van der Waals surface area contributed by atoms with Crippen LogP contribution >= 0.6 is 0 Å². The van der Waals surface area contributed by atoms with E-state index in [2.05, 4.69) is 20.6 Å². The molecule has 0 aliphatic rings. The highest BCUT2D eigenvalue weighted by atomic mass is 16.1. The number of carbonyl (C=O) groups excluding carboxylic acids is 1. The number of benzene rings is 1. The fourth-order valence-corrected chi connectivity index (χ4v) is 1.63. The molecule has 0 unspecified atom stereocenters. The Labute approximate surface area is 105 Å². The van der Waals surface area contributed by atoms with E-state index in [9.17, 15) is 4.79 Å². The standard InChI is InChI=1S/C12H15N5O/c1-14-12-16-9-5-3-2-4-8(9)11(17-12)15-7-6-10(13)18/h2-5H,6-7H2,1H3,(H2,13,18)(H2,14,15,16,17). The lowest BCUT2D eigenvalue weighted by Crippen LogP contribution is -2.16. The SMILES string of the molecule is CNc1nc(NCCC(N)=O)c2ccccc2n1. The van der Waals surface area contributed by atoms with E-state index in [0.29, 0.717) is 18.3 Å². The van der Waals surface area contributed by atoms with Crippen molar-refractivity contribution in [2.75, 3.05) is 24.2 Å². The maximum atomic E-state index is 10.7. The smallest absolute Gasteiger partial charge is 0.224 e. The fourth-order valence-electron chi connectivity index (χ4n) is 1.63. The Hall–Kier alpha value is -2.37. The molecular formula is C12H15N5O. The lowest BCUT2D eigenvalue weighted by molar-refractivity contribution is -0.117. The van der Waals surface area contributed by atoms with Crippen molar-refractivity contribution in [3.05, 3.63) is 24.3 Å². The van der Waals surface area contributed by atoms with Crippen LogP contribution in [-0.4, -0.2) is 29.5 Å². The number of nitrogens with zero attached hydrogens (tertiary/aromatic N) is 2. The van der Waals surface area contributed by atoms with Gasteiger partial charge in [0.05, 0.1) is 5.52 Å². The number of primary amides is 1. The highest BCUT2D eigenvalue weighted by Crippen LogP contribution is 2.21. The van der Waals surface area contributed by atoms with Gasteiger partial charge in [-0.2, -0.15) is 4.98 Å². The summed E-state index contributed by atoms with van der Waals surface area (Å²) in [5, 5.41) is 6.92. The minimum Gasteiger partial charge on any atom is -0.370 e. The van der Waals surface area contributed by atoms with Gasteiger partial charge in [-0.3, -0.25) is 4.79 Å². The molecule has 0 saturated heterocycles. The quantitative estimate of drug-likeness (QED) is 0.729.